The topological polar surface area (TPSA) is 57.9 Å². The zero-order valence-corrected chi connectivity index (χ0v) is 11.0. The monoisotopic (exact) mass is 245 g/mol. The molecule has 1 aliphatic rings. The summed E-state index contributed by atoms with van der Waals surface area (Å²) in [5.74, 6) is 1.38. The van der Waals surface area contributed by atoms with E-state index in [2.05, 4.69) is 16.4 Å². The summed E-state index contributed by atoms with van der Waals surface area (Å²) >= 11 is 0. The summed E-state index contributed by atoms with van der Waals surface area (Å²) in [6.45, 7) is 6.63. The molecule has 0 amide bonds. The highest BCUT2D eigenvalue weighted by molar-refractivity contribution is 5.46. The molecule has 1 saturated heterocycles. The minimum Gasteiger partial charge on any atom is -0.492 e. The van der Waals surface area contributed by atoms with Gasteiger partial charge in [-0.15, -0.1) is 0 Å². The highest BCUT2D eigenvalue weighted by Gasteiger charge is 2.15. The number of nitriles is 1. The van der Waals surface area contributed by atoms with Gasteiger partial charge in [-0.3, -0.25) is 4.98 Å². The number of rotatable bonds is 4. The van der Waals surface area contributed by atoms with Gasteiger partial charge in [0.25, 0.3) is 0 Å². The molecule has 0 aromatic carbocycles. The van der Waals surface area contributed by atoms with Gasteiger partial charge in [0.05, 0.1) is 12.3 Å². The van der Waals surface area contributed by atoms with Crippen molar-refractivity contribution in [1.82, 2.24) is 10.3 Å². The van der Waals surface area contributed by atoms with E-state index in [0.717, 1.165) is 30.9 Å². The van der Waals surface area contributed by atoms with Crippen molar-refractivity contribution < 1.29 is 4.74 Å². The number of ether oxygens (including phenoxy) is 1. The number of pyridine rings is 1. The first-order valence-corrected chi connectivity index (χ1v) is 6.42. The molecule has 0 radical (unpaired) electrons. The van der Waals surface area contributed by atoms with Crippen LogP contribution in [0.3, 0.4) is 0 Å². The summed E-state index contributed by atoms with van der Waals surface area (Å²) in [4.78, 5) is 4.28. The minimum atomic E-state index is 0.560. The van der Waals surface area contributed by atoms with Gasteiger partial charge in [-0.2, -0.15) is 5.26 Å². The summed E-state index contributed by atoms with van der Waals surface area (Å²) in [6.07, 6.45) is 2.27. The summed E-state index contributed by atoms with van der Waals surface area (Å²) < 4.78 is 5.76. The normalized spacial score (nSPS) is 18.6. The second-order valence-corrected chi connectivity index (χ2v) is 4.83. The molecule has 0 bridgehead atoms. The number of aromatic nitrogens is 1. The molecule has 1 unspecified atom stereocenters. The van der Waals surface area contributed by atoms with Crippen molar-refractivity contribution in [2.45, 2.75) is 26.7 Å². The molecule has 1 aromatic heterocycles. The van der Waals surface area contributed by atoms with Crippen LogP contribution in [0.1, 0.15) is 29.8 Å². The fraction of sp³-hybridized carbons (Fsp3) is 0.571. The standard InChI is InChI=1S/C14H19N3O/c1-10-7-14(13(8-15)11(2)17-10)18-6-4-12-3-5-16-9-12/h7,12,16H,3-6,9H2,1-2H3. The van der Waals surface area contributed by atoms with Crippen molar-refractivity contribution in [3.63, 3.8) is 0 Å². The Balaban J connectivity index is 1.97. The summed E-state index contributed by atoms with van der Waals surface area (Å²) in [7, 11) is 0. The predicted octanol–water partition coefficient (Wildman–Crippen LogP) is 1.95. The Bertz CT molecular complexity index is 459. The van der Waals surface area contributed by atoms with Gasteiger partial charge in [-0.25, -0.2) is 0 Å². The van der Waals surface area contributed by atoms with Crippen molar-refractivity contribution >= 4 is 0 Å². The third-order valence-electron chi connectivity index (χ3n) is 3.35. The van der Waals surface area contributed by atoms with Gasteiger partial charge >= 0.3 is 0 Å². The quantitative estimate of drug-likeness (QED) is 0.880. The number of hydrogen-bond acceptors (Lipinski definition) is 4. The lowest BCUT2D eigenvalue weighted by molar-refractivity contribution is 0.282. The van der Waals surface area contributed by atoms with Gasteiger partial charge in [-0.05, 0) is 45.7 Å². The Kier molecular flexibility index (Phi) is 4.16. The smallest absolute Gasteiger partial charge is 0.140 e. The Morgan fingerprint density at radius 1 is 1.56 bits per heavy atom. The second-order valence-electron chi connectivity index (χ2n) is 4.83. The molecule has 18 heavy (non-hydrogen) atoms. The van der Waals surface area contributed by atoms with E-state index < -0.39 is 0 Å². The third-order valence-corrected chi connectivity index (χ3v) is 3.35. The van der Waals surface area contributed by atoms with Gasteiger partial charge in [0.1, 0.15) is 17.4 Å². The molecule has 1 N–H and O–H groups in total. The van der Waals surface area contributed by atoms with E-state index in [0.29, 0.717) is 23.8 Å². The number of hydrogen-bond donors (Lipinski definition) is 1. The maximum atomic E-state index is 9.12. The van der Waals surface area contributed by atoms with Gasteiger partial charge < -0.3 is 10.1 Å². The van der Waals surface area contributed by atoms with Crippen molar-refractivity contribution in [1.29, 1.82) is 5.26 Å². The molecule has 1 atom stereocenters. The molecule has 1 aromatic rings. The van der Waals surface area contributed by atoms with E-state index in [-0.39, 0.29) is 0 Å². The number of nitrogens with one attached hydrogen (secondary N) is 1. The fourth-order valence-electron chi connectivity index (χ4n) is 2.34. The van der Waals surface area contributed by atoms with Gasteiger partial charge in [-0.1, -0.05) is 0 Å². The highest BCUT2D eigenvalue weighted by atomic mass is 16.5. The zero-order chi connectivity index (χ0) is 13.0. The molecule has 4 nitrogen and oxygen atoms in total. The maximum absolute atomic E-state index is 9.12. The van der Waals surface area contributed by atoms with Crippen molar-refractivity contribution in [3.05, 3.63) is 23.0 Å². The summed E-state index contributed by atoms with van der Waals surface area (Å²) in [5.41, 5.74) is 2.20. The minimum absolute atomic E-state index is 0.560. The van der Waals surface area contributed by atoms with Crippen LogP contribution >= 0.6 is 0 Å². The highest BCUT2D eigenvalue weighted by Crippen LogP contribution is 2.22. The molecule has 96 valence electrons. The van der Waals surface area contributed by atoms with Gasteiger partial charge in [0.15, 0.2) is 0 Å². The van der Waals surface area contributed by atoms with Gasteiger partial charge in [0.2, 0.25) is 0 Å². The Morgan fingerprint density at radius 2 is 2.39 bits per heavy atom. The fourth-order valence-corrected chi connectivity index (χ4v) is 2.34. The van der Waals surface area contributed by atoms with Crippen LogP contribution in [-0.4, -0.2) is 24.7 Å². The lowest BCUT2D eigenvalue weighted by Crippen LogP contribution is -2.12. The largest absolute Gasteiger partial charge is 0.492 e. The first kappa shape index (κ1) is 12.8. The predicted molar refractivity (Wildman–Crippen MR) is 69.5 cm³/mol. The first-order valence-electron chi connectivity index (χ1n) is 6.42. The van der Waals surface area contributed by atoms with Crippen LogP contribution in [0.25, 0.3) is 0 Å². The van der Waals surface area contributed by atoms with E-state index in [1.165, 1.54) is 6.42 Å². The molecule has 1 aliphatic heterocycles. The van der Waals surface area contributed by atoms with Crippen molar-refractivity contribution in [2.24, 2.45) is 5.92 Å². The van der Waals surface area contributed by atoms with Gasteiger partial charge in [0, 0.05) is 11.8 Å². The molecular formula is C14H19N3O. The van der Waals surface area contributed by atoms with Crippen LogP contribution in [0.2, 0.25) is 0 Å². The van der Waals surface area contributed by atoms with Crippen LogP contribution < -0.4 is 10.1 Å². The van der Waals surface area contributed by atoms with Crippen LogP contribution in [0, 0.1) is 31.1 Å². The first-order chi connectivity index (χ1) is 8.70. The SMILES string of the molecule is Cc1cc(OCCC2CCNC2)c(C#N)c(C)n1. The van der Waals surface area contributed by atoms with Crippen molar-refractivity contribution in [2.75, 3.05) is 19.7 Å². The van der Waals surface area contributed by atoms with E-state index in [4.69, 9.17) is 10.00 Å². The van der Waals surface area contributed by atoms with Crippen LogP contribution in [0.5, 0.6) is 5.75 Å². The Hall–Kier alpha value is -1.60. The molecule has 2 rings (SSSR count). The molecule has 0 aliphatic carbocycles. The van der Waals surface area contributed by atoms with Crippen LogP contribution in [0.15, 0.2) is 6.07 Å². The molecule has 1 fully saturated rings. The molecule has 0 saturated carbocycles. The van der Waals surface area contributed by atoms with E-state index >= 15 is 0 Å². The third kappa shape index (κ3) is 2.99. The van der Waals surface area contributed by atoms with Crippen molar-refractivity contribution in [3.8, 4) is 11.8 Å². The van der Waals surface area contributed by atoms with Crippen LogP contribution in [-0.2, 0) is 0 Å². The summed E-state index contributed by atoms with van der Waals surface area (Å²) in [5, 5.41) is 12.5. The second kappa shape index (κ2) is 5.83. The van der Waals surface area contributed by atoms with Crippen LogP contribution in [0.4, 0.5) is 0 Å². The number of nitrogens with zero attached hydrogens (tertiary/aromatic N) is 2. The zero-order valence-electron chi connectivity index (χ0n) is 11.0. The van der Waals surface area contributed by atoms with E-state index in [1.807, 2.05) is 19.9 Å². The Morgan fingerprint density at radius 3 is 3.06 bits per heavy atom. The maximum Gasteiger partial charge on any atom is 0.140 e. The average Bonchev–Trinajstić information content (AvgIpc) is 2.81. The summed E-state index contributed by atoms with van der Waals surface area (Å²) in [6, 6.07) is 4.02. The molecule has 0 spiro atoms. The molecule has 4 heteroatoms. The molecular weight excluding hydrogens is 226 g/mol. The molecule has 2 heterocycles. The Labute approximate surface area is 108 Å². The lowest BCUT2D eigenvalue weighted by Gasteiger charge is -2.12. The number of aryl methyl sites for hydroxylation is 2. The van der Waals surface area contributed by atoms with E-state index in [1.54, 1.807) is 0 Å². The van der Waals surface area contributed by atoms with E-state index in [9.17, 15) is 0 Å². The lowest BCUT2D eigenvalue weighted by atomic mass is 10.1. The average molecular weight is 245 g/mol.